The molecule has 170 valence electrons. The molecule has 4 atom stereocenters. The molecule has 3 N–H and O–H groups in total. The van der Waals surface area contributed by atoms with Crippen molar-refractivity contribution in [3.63, 3.8) is 0 Å². The molecule has 11 heteroatoms. The second-order valence-electron chi connectivity index (χ2n) is 7.31. The number of aliphatic hydroxyl groups excluding tert-OH is 1. The minimum Gasteiger partial charge on any atom is -0.456 e. The number of anilines is 1. The Hall–Kier alpha value is -2.34. The lowest BCUT2D eigenvalue weighted by Crippen LogP contribution is -2.30. The van der Waals surface area contributed by atoms with Crippen LogP contribution in [-0.4, -0.2) is 55.2 Å². The third-order valence-corrected chi connectivity index (χ3v) is 8.16. The van der Waals surface area contributed by atoms with E-state index in [0.717, 1.165) is 11.3 Å². The smallest absolute Gasteiger partial charge is 0.338 e. The Kier molecular flexibility index (Phi) is 7.19. The summed E-state index contributed by atoms with van der Waals surface area (Å²) in [6, 6.07) is 7.46. The fraction of sp³-hybridized carbons (Fsp3) is 0.429. The zero-order valence-corrected chi connectivity index (χ0v) is 19.4. The maximum absolute atomic E-state index is 13.1. The molecule has 9 nitrogen and oxygen atoms in total. The second-order valence-corrected chi connectivity index (χ2v) is 10.3. The van der Waals surface area contributed by atoms with E-state index in [9.17, 15) is 9.90 Å². The molecule has 1 aliphatic heterocycles. The minimum atomic E-state index is -0.657. The van der Waals surface area contributed by atoms with Crippen LogP contribution in [-0.2, 0) is 9.47 Å². The maximum atomic E-state index is 13.1. The number of hydrogen-bond donors (Lipinski definition) is 2. The predicted octanol–water partition coefficient (Wildman–Crippen LogP) is 3.38. The van der Waals surface area contributed by atoms with Gasteiger partial charge >= 0.3 is 5.97 Å². The van der Waals surface area contributed by atoms with Crippen LogP contribution in [0, 0.1) is 0 Å². The van der Waals surface area contributed by atoms with Gasteiger partial charge in [0.2, 0.25) is 0 Å². The van der Waals surface area contributed by atoms with Gasteiger partial charge in [0.25, 0.3) is 0 Å². The zero-order chi connectivity index (χ0) is 22.7. The van der Waals surface area contributed by atoms with Crippen molar-refractivity contribution < 1.29 is 19.4 Å². The van der Waals surface area contributed by atoms with Crippen molar-refractivity contribution in [3.05, 3.63) is 48.0 Å². The minimum absolute atomic E-state index is 0.132. The van der Waals surface area contributed by atoms with Crippen LogP contribution < -0.4 is 5.73 Å². The number of carbonyl (C=O) groups is 1. The van der Waals surface area contributed by atoms with Crippen LogP contribution in [0.3, 0.4) is 0 Å². The van der Waals surface area contributed by atoms with E-state index < -0.39 is 24.4 Å². The fourth-order valence-corrected chi connectivity index (χ4v) is 5.68. The molecular weight excluding hydrogens is 450 g/mol. The van der Waals surface area contributed by atoms with Crippen molar-refractivity contribution in [2.24, 2.45) is 0 Å². The standard InChI is InChI=1S/C21H25N5O4S2/c1-3-31-32-12(2)13-6-4-5-7-14(13)21(28)30-15-8-17(29-16(15)9-27)26-11-25-18-19(22)23-10-24-20(18)26/h4-7,10-12,15-17,27H,3,8-9H2,1-2H3,(H2,22,23,24)/t12?,15-,16?,17-/m1/s1. The molecule has 0 amide bonds. The van der Waals surface area contributed by atoms with Crippen LogP contribution in [0.2, 0.25) is 0 Å². The van der Waals surface area contributed by atoms with Crippen LogP contribution in [0.4, 0.5) is 5.82 Å². The van der Waals surface area contributed by atoms with E-state index in [0.29, 0.717) is 23.1 Å². The van der Waals surface area contributed by atoms with E-state index in [1.54, 1.807) is 38.5 Å². The predicted molar refractivity (Wildman–Crippen MR) is 125 cm³/mol. The van der Waals surface area contributed by atoms with E-state index in [-0.39, 0.29) is 17.7 Å². The van der Waals surface area contributed by atoms with Crippen LogP contribution in [0.15, 0.2) is 36.9 Å². The summed E-state index contributed by atoms with van der Waals surface area (Å²) in [5.74, 6) is 0.836. The molecule has 3 heterocycles. The Labute approximate surface area is 193 Å². The molecule has 2 unspecified atom stereocenters. The van der Waals surface area contributed by atoms with Crippen molar-refractivity contribution in [1.82, 2.24) is 19.5 Å². The van der Waals surface area contributed by atoms with Crippen molar-refractivity contribution in [1.29, 1.82) is 0 Å². The molecule has 3 aromatic rings. The number of carbonyl (C=O) groups excluding carboxylic acids is 1. The van der Waals surface area contributed by atoms with Gasteiger partial charge in [-0.2, -0.15) is 0 Å². The highest BCUT2D eigenvalue weighted by molar-refractivity contribution is 8.76. The first-order valence-electron chi connectivity index (χ1n) is 10.3. The summed E-state index contributed by atoms with van der Waals surface area (Å²) in [5.41, 5.74) is 8.32. The Morgan fingerprint density at radius 1 is 1.38 bits per heavy atom. The average molecular weight is 476 g/mol. The monoisotopic (exact) mass is 475 g/mol. The summed E-state index contributed by atoms with van der Waals surface area (Å²) < 4.78 is 13.5. The van der Waals surface area contributed by atoms with E-state index in [1.165, 1.54) is 6.33 Å². The van der Waals surface area contributed by atoms with Crippen molar-refractivity contribution in [3.8, 4) is 0 Å². The molecule has 1 aromatic carbocycles. The van der Waals surface area contributed by atoms with Crippen LogP contribution in [0.1, 0.15) is 47.7 Å². The number of esters is 1. The summed E-state index contributed by atoms with van der Waals surface area (Å²) in [6.07, 6.45) is 1.50. The molecule has 1 fully saturated rings. The van der Waals surface area contributed by atoms with Gasteiger partial charge in [0.05, 0.1) is 18.5 Å². The highest BCUT2D eigenvalue weighted by Crippen LogP contribution is 2.39. The molecule has 1 saturated heterocycles. The summed E-state index contributed by atoms with van der Waals surface area (Å²) in [5, 5.41) is 9.97. The number of nitrogens with zero attached hydrogens (tertiary/aromatic N) is 4. The number of fused-ring (bicyclic) bond motifs is 1. The highest BCUT2D eigenvalue weighted by Gasteiger charge is 2.39. The van der Waals surface area contributed by atoms with Gasteiger partial charge in [-0.05, 0) is 18.6 Å². The van der Waals surface area contributed by atoms with Crippen molar-refractivity contribution in [2.45, 2.75) is 44.0 Å². The van der Waals surface area contributed by atoms with Gasteiger partial charge in [-0.1, -0.05) is 46.7 Å². The van der Waals surface area contributed by atoms with Crippen molar-refractivity contribution in [2.75, 3.05) is 18.1 Å². The summed E-state index contributed by atoms with van der Waals surface area (Å²) in [4.78, 5) is 25.5. The van der Waals surface area contributed by atoms with E-state index in [1.807, 2.05) is 18.2 Å². The number of aromatic nitrogens is 4. The number of ether oxygens (including phenoxy) is 2. The number of nitrogens with two attached hydrogens (primary N) is 1. The summed E-state index contributed by atoms with van der Waals surface area (Å²) in [6.45, 7) is 3.89. The van der Waals surface area contributed by atoms with Gasteiger partial charge in [0.15, 0.2) is 11.5 Å². The lowest BCUT2D eigenvalue weighted by molar-refractivity contribution is -0.0500. The average Bonchev–Trinajstić information content (AvgIpc) is 3.42. The largest absolute Gasteiger partial charge is 0.456 e. The normalized spacial score (nSPS) is 21.7. The number of imidazole rings is 1. The third-order valence-electron chi connectivity index (χ3n) is 5.27. The van der Waals surface area contributed by atoms with Gasteiger partial charge in [-0.3, -0.25) is 4.57 Å². The molecule has 0 radical (unpaired) electrons. The Morgan fingerprint density at radius 3 is 2.97 bits per heavy atom. The molecule has 0 bridgehead atoms. The topological polar surface area (TPSA) is 125 Å². The van der Waals surface area contributed by atoms with E-state index in [2.05, 4.69) is 28.8 Å². The van der Waals surface area contributed by atoms with Gasteiger partial charge in [0.1, 0.15) is 30.3 Å². The molecule has 0 spiro atoms. The van der Waals surface area contributed by atoms with Crippen molar-refractivity contribution >= 4 is 44.5 Å². The molecule has 2 aromatic heterocycles. The molecular formula is C21H25N5O4S2. The van der Waals surface area contributed by atoms with Gasteiger partial charge < -0.3 is 20.3 Å². The van der Waals surface area contributed by atoms with Gasteiger partial charge in [-0.25, -0.2) is 19.7 Å². The Morgan fingerprint density at radius 2 is 2.19 bits per heavy atom. The summed E-state index contributed by atoms with van der Waals surface area (Å²) in [7, 11) is 3.47. The quantitative estimate of drug-likeness (QED) is 0.370. The number of rotatable bonds is 8. The number of hydrogen-bond acceptors (Lipinski definition) is 10. The molecule has 4 rings (SSSR count). The van der Waals surface area contributed by atoms with Crippen LogP contribution in [0.5, 0.6) is 0 Å². The lowest BCUT2D eigenvalue weighted by atomic mass is 10.0. The number of benzene rings is 1. The fourth-order valence-electron chi connectivity index (χ4n) is 3.70. The Balaban J connectivity index is 1.52. The third kappa shape index (κ3) is 4.56. The van der Waals surface area contributed by atoms with Crippen LogP contribution in [0.25, 0.3) is 11.2 Å². The maximum Gasteiger partial charge on any atom is 0.338 e. The van der Waals surface area contributed by atoms with E-state index in [4.69, 9.17) is 15.2 Å². The van der Waals surface area contributed by atoms with Gasteiger partial charge in [0, 0.05) is 17.4 Å². The second kappa shape index (κ2) is 10.1. The number of nitrogen functional groups attached to an aromatic ring is 1. The first-order valence-corrected chi connectivity index (χ1v) is 12.7. The zero-order valence-electron chi connectivity index (χ0n) is 17.7. The first kappa shape index (κ1) is 22.8. The van der Waals surface area contributed by atoms with Crippen LogP contribution >= 0.6 is 21.6 Å². The Bertz CT molecular complexity index is 1090. The van der Waals surface area contributed by atoms with Gasteiger partial charge in [-0.15, -0.1) is 0 Å². The summed E-state index contributed by atoms with van der Waals surface area (Å²) >= 11 is 0. The molecule has 32 heavy (non-hydrogen) atoms. The highest BCUT2D eigenvalue weighted by atomic mass is 33.1. The lowest BCUT2D eigenvalue weighted by Gasteiger charge is -2.19. The number of aliphatic hydroxyl groups is 1. The SMILES string of the molecule is CCSSC(C)c1ccccc1C(=O)O[C@@H]1C[C@H](n2cnc3c(N)ncnc32)OC1CO. The van der Waals surface area contributed by atoms with E-state index >= 15 is 0 Å². The first-order chi connectivity index (χ1) is 15.5. The molecule has 1 aliphatic rings. The molecule has 0 saturated carbocycles. The molecule has 0 aliphatic carbocycles.